The summed E-state index contributed by atoms with van der Waals surface area (Å²) in [6, 6.07) is 5.05. The first-order valence-corrected chi connectivity index (χ1v) is 5.94. The van der Waals surface area contributed by atoms with Crippen LogP contribution < -0.4 is 0 Å². The van der Waals surface area contributed by atoms with Gasteiger partial charge in [-0.2, -0.15) is 13.2 Å². The number of hydrogen-bond donors (Lipinski definition) is 0. The van der Waals surface area contributed by atoms with Crippen molar-refractivity contribution >= 4 is 9.84 Å². The average Bonchev–Trinajstić information content (AvgIpc) is 2.16. The Balaban J connectivity index is 3.18. The lowest BCUT2D eigenvalue weighted by Gasteiger charge is -2.04. The molecule has 0 aliphatic heterocycles. The van der Waals surface area contributed by atoms with E-state index < -0.39 is 27.2 Å². The molecule has 0 bridgehead atoms. The number of alkyl halides is 3. The van der Waals surface area contributed by atoms with Crippen molar-refractivity contribution in [3.63, 3.8) is 0 Å². The van der Waals surface area contributed by atoms with Gasteiger partial charge in [0.1, 0.15) is 0 Å². The van der Waals surface area contributed by atoms with Crippen LogP contribution >= 0.6 is 0 Å². The van der Waals surface area contributed by atoms with E-state index >= 15 is 0 Å². The average molecular weight is 268 g/mol. The molecule has 17 heavy (non-hydrogen) atoms. The third kappa shape index (κ3) is 3.55. The quantitative estimate of drug-likeness (QED) is 0.772. The van der Waals surface area contributed by atoms with Crippen LogP contribution in [0.4, 0.5) is 17.6 Å². The Bertz CT molecular complexity index is 526. The van der Waals surface area contributed by atoms with Crippen LogP contribution in [0.5, 0.6) is 0 Å². The molecule has 0 radical (unpaired) electrons. The van der Waals surface area contributed by atoms with E-state index in [-0.39, 0.29) is 4.90 Å². The van der Waals surface area contributed by atoms with Gasteiger partial charge < -0.3 is 0 Å². The normalized spacial score (nSPS) is 13.8. The lowest BCUT2D eigenvalue weighted by molar-refractivity contribution is -0.108. The molecule has 1 rings (SSSR count). The highest BCUT2D eigenvalue weighted by atomic mass is 32.2. The molecular formula is C10H8F4O2S. The zero-order chi connectivity index (χ0) is 13.3. The fourth-order valence-electron chi connectivity index (χ4n) is 0.999. The number of benzene rings is 1. The summed E-state index contributed by atoms with van der Waals surface area (Å²) in [5, 5.41) is -0.419. The Morgan fingerprint density at radius 2 is 1.65 bits per heavy atom. The van der Waals surface area contributed by atoms with Crippen molar-refractivity contribution in [2.75, 3.05) is 0 Å². The fourth-order valence-corrected chi connectivity index (χ4v) is 2.06. The molecule has 1 aromatic rings. The highest BCUT2D eigenvalue weighted by molar-refractivity contribution is 7.94. The summed E-state index contributed by atoms with van der Waals surface area (Å²) in [6.45, 7) is 1.68. The van der Waals surface area contributed by atoms with Gasteiger partial charge in [-0.3, -0.25) is 0 Å². The monoisotopic (exact) mass is 268 g/mol. The molecule has 2 nitrogen and oxygen atoms in total. The maximum atomic E-state index is 12.5. The van der Waals surface area contributed by atoms with Crippen molar-refractivity contribution in [3.8, 4) is 0 Å². The molecule has 94 valence electrons. The number of halogens is 4. The number of allylic oxidation sites excluding steroid dienone is 1. The van der Waals surface area contributed by atoms with E-state index in [1.165, 1.54) is 12.1 Å². The van der Waals surface area contributed by atoms with E-state index in [0.29, 0.717) is 0 Å². The third-order valence-corrected chi connectivity index (χ3v) is 3.33. The lowest BCUT2D eigenvalue weighted by atomic mass is 10.2. The second-order valence-corrected chi connectivity index (χ2v) is 5.12. The zero-order valence-corrected chi connectivity index (χ0v) is 9.44. The fraction of sp³-hybridized carbons (Fsp3) is 0.200. The van der Waals surface area contributed by atoms with Crippen LogP contribution in [0.3, 0.4) is 0 Å². The maximum absolute atomic E-state index is 12.5. The van der Waals surface area contributed by atoms with Gasteiger partial charge in [0.05, 0.1) is 10.3 Å². The molecule has 1 aromatic carbocycles. The van der Waals surface area contributed by atoms with Crippen molar-refractivity contribution < 1.29 is 26.0 Å². The van der Waals surface area contributed by atoms with Gasteiger partial charge in [-0.05, 0) is 19.1 Å². The van der Waals surface area contributed by atoms with Gasteiger partial charge in [0.2, 0.25) is 15.7 Å². The van der Waals surface area contributed by atoms with Gasteiger partial charge in [-0.25, -0.2) is 12.8 Å². The molecule has 0 heterocycles. The van der Waals surface area contributed by atoms with E-state index in [2.05, 4.69) is 0 Å². The molecule has 0 aliphatic rings. The van der Waals surface area contributed by atoms with E-state index in [1.54, 1.807) is 6.92 Å². The predicted molar refractivity (Wildman–Crippen MR) is 53.6 cm³/mol. The van der Waals surface area contributed by atoms with Crippen molar-refractivity contribution in [2.24, 2.45) is 0 Å². The maximum Gasteiger partial charge on any atom is 0.443 e. The van der Waals surface area contributed by atoms with E-state index in [4.69, 9.17) is 0 Å². The summed E-state index contributed by atoms with van der Waals surface area (Å²) in [5.41, 5.74) is 0.740. The van der Waals surface area contributed by atoms with Crippen molar-refractivity contribution in [2.45, 2.75) is 18.0 Å². The minimum Gasteiger partial charge on any atom is -0.219 e. The van der Waals surface area contributed by atoms with Crippen LogP contribution in [0.15, 0.2) is 40.4 Å². The van der Waals surface area contributed by atoms with Gasteiger partial charge in [0.15, 0.2) is 0 Å². The molecule has 0 aromatic heterocycles. The summed E-state index contributed by atoms with van der Waals surface area (Å²) >= 11 is 0. The highest BCUT2D eigenvalue weighted by Gasteiger charge is 2.36. The Morgan fingerprint density at radius 1 is 1.18 bits per heavy atom. The minimum atomic E-state index is -5.29. The van der Waals surface area contributed by atoms with Crippen molar-refractivity contribution in [1.29, 1.82) is 0 Å². The van der Waals surface area contributed by atoms with Gasteiger partial charge in [-0.1, -0.05) is 17.7 Å². The molecule has 0 atom stereocenters. The van der Waals surface area contributed by atoms with Gasteiger partial charge in [0.25, 0.3) is 0 Å². The molecule has 7 heteroatoms. The molecule has 0 saturated carbocycles. The SMILES string of the molecule is Cc1ccc(S(=O)(=O)/C=C(\F)C(F)(F)F)cc1. The number of sulfone groups is 1. The highest BCUT2D eigenvalue weighted by Crippen LogP contribution is 2.28. The molecule has 0 aliphatic carbocycles. The van der Waals surface area contributed by atoms with E-state index in [9.17, 15) is 26.0 Å². The number of aryl methyl sites for hydroxylation is 1. The molecule has 0 saturated heterocycles. The van der Waals surface area contributed by atoms with Crippen molar-refractivity contribution in [3.05, 3.63) is 41.1 Å². The molecule has 0 spiro atoms. The second-order valence-electron chi connectivity index (χ2n) is 3.32. The third-order valence-electron chi connectivity index (χ3n) is 1.88. The first-order chi connectivity index (χ1) is 7.63. The zero-order valence-electron chi connectivity index (χ0n) is 8.62. The second kappa shape index (κ2) is 4.48. The van der Waals surface area contributed by atoms with Gasteiger partial charge in [-0.15, -0.1) is 0 Å². The van der Waals surface area contributed by atoms with Crippen LogP contribution in [0.2, 0.25) is 0 Å². The van der Waals surface area contributed by atoms with Gasteiger partial charge >= 0.3 is 6.18 Å². The summed E-state index contributed by atoms with van der Waals surface area (Å²) in [7, 11) is -4.42. The summed E-state index contributed by atoms with van der Waals surface area (Å²) in [6.07, 6.45) is -5.29. The van der Waals surface area contributed by atoms with Crippen LogP contribution in [0, 0.1) is 6.92 Å². The van der Waals surface area contributed by atoms with Crippen LogP contribution in [0.25, 0.3) is 0 Å². The number of rotatable bonds is 2. The van der Waals surface area contributed by atoms with Crippen LogP contribution in [0.1, 0.15) is 5.56 Å². The molecule has 0 amide bonds. The molecule has 0 N–H and O–H groups in total. The Hall–Kier alpha value is -1.37. The summed E-state index contributed by atoms with van der Waals surface area (Å²) < 4.78 is 70.9. The molecular weight excluding hydrogens is 260 g/mol. The standard InChI is InChI=1S/C10H8F4O2S/c1-7-2-4-8(5-3-7)17(15,16)6-9(11)10(12,13)14/h2-6H,1H3/b9-6-. The smallest absolute Gasteiger partial charge is 0.219 e. The first-order valence-electron chi connectivity index (χ1n) is 4.39. The largest absolute Gasteiger partial charge is 0.443 e. The molecule has 0 fully saturated rings. The van der Waals surface area contributed by atoms with Gasteiger partial charge in [0, 0.05) is 0 Å². The van der Waals surface area contributed by atoms with Crippen LogP contribution in [-0.2, 0) is 9.84 Å². The van der Waals surface area contributed by atoms with E-state index in [0.717, 1.165) is 17.7 Å². The van der Waals surface area contributed by atoms with Crippen molar-refractivity contribution in [1.82, 2.24) is 0 Å². The molecule has 0 unspecified atom stereocenters. The Morgan fingerprint density at radius 3 is 2.06 bits per heavy atom. The lowest BCUT2D eigenvalue weighted by Crippen LogP contribution is -2.10. The summed E-state index contributed by atoms with van der Waals surface area (Å²) in [5.74, 6) is -2.64. The van der Waals surface area contributed by atoms with Crippen LogP contribution in [-0.4, -0.2) is 14.6 Å². The summed E-state index contributed by atoms with van der Waals surface area (Å²) in [4.78, 5) is -0.387. The Kier molecular flexibility index (Phi) is 3.61. The topological polar surface area (TPSA) is 34.1 Å². The first kappa shape index (κ1) is 13.7. The van der Waals surface area contributed by atoms with E-state index in [1.807, 2.05) is 0 Å². The predicted octanol–water partition coefficient (Wildman–Crippen LogP) is 3.14. The number of hydrogen-bond acceptors (Lipinski definition) is 2. The Labute approximate surface area is 95.5 Å². The minimum absolute atomic E-state index is 0.387.